The molecule has 0 aromatic heterocycles. The number of aliphatic hydroxyl groups is 2. The zero-order valence-electron chi connectivity index (χ0n) is 54.1. The summed E-state index contributed by atoms with van der Waals surface area (Å²) in [5.41, 5.74) is 0. The van der Waals surface area contributed by atoms with Crippen LogP contribution in [0.15, 0.2) is 36.5 Å². The standard InChI is InChI=1S/C74H141NO5/c1-3-5-7-9-11-13-15-17-18-40-43-46-50-54-58-62-66-72(77)71(70-76)75-73(78)67-63-59-55-51-47-44-41-38-36-34-32-30-28-26-24-22-20-19-21-23-25-27-29-31-33-35-37-39-42-45-49-53-57-61-65-69-80-74(79)68-64-60-56-52-48-16-14-12-10-8-6-4-2/h21,23,27,29,62,66,71-72,76-77H,3-20,22,24-26,28,30-61,63-65,67-70H2,1-2H3,(H,75,78)/b23-21-,29-27-,66-62+. The lowest BCUT2D eigenvalue weighted by Crippen LogP contribution is -2.45. The Morgan fingerprint density at radius 3 is 0.950 bits per heavy atom. The number of amides is 1. The van der Waals surface area contributed by atoms with Crippen LogP contribution in [0.3, 0.4) is 0 Å². The van der Waals surface area contributed by atoms with Crippen LogP contribution in [0.5, 0.6) is 0 Å². The van der Waals surface area contributed by atoms with E-state index in [0.29, 0.717) is 19.4 Å². The van der Waals surface area contributed by atoms with Gasteiger partial charge in [-0.05, 0) is 64.2 Å². The van der Waals surface area contributed by atoms with Gasteiger partial charge >= 0.3 is 5.97 Å². The van der Waals surface area contributed by atoms with Gasteiger partial charge < -0.3 is 20.3 Å². The molecule has 472 valence electrons. The first-order valence-corrected chi connectivity index (χ1v) is 36.3. The van der Waals surface area contributed by atoms with Crippen molar-refractivity contribution in [3.05, 3.63) is 36.5 Å². The minimum Gasteiger partial charge on any atom is -0.466 e. The van der Waals surface area contributed by atoms with Crippen LogP contribution in [-0.2, 0) is 14.3 Å². The van der Waals surface area contributed by atoms with Gasteiger partial charge in [-0.15, -0.1) is 0 Å². The maximum absolute atomic E-state index is 12.5. The number of unbranched alkanes of at least 4 members (excludes halogenated alkanes) is 53. The average molecular weight is 1120 g/mol. The van der Waals surface area contributed by atoms with Gasteiger partial charge in [0.2, 0.25) is 5.91 Å². The molecule has 6 nitrogen and oxygen atoms in total. The lowest BCUT2D eigenvalue weighted by atomic mass is 10.0. The van der Waals surface area contributed by atoms with Gasteiger partial charge in [-0.25, -0.2) is 0 Å². The third-order valence-corrected chi connectivity index (χ3v) is 16.9. The summed E-state index contributed by atoms with van der Waals surface area (Å²) in [5.74, 6) is -0.0454. The minimum absolute atomic E-state index is 0.0176. The van der Waals surface area contributed by atoms with Crippen LogP contribution in [0.1, 0.15) is 399 Å². The summed E-state index contributed by atoms with van der Waals surface area (Å²) in [6, 6.07) is -0.626. The second-order valence-corrected chi connectivity index (χ2v) is 24.9. The largest absolute Gasteiger partial charge is 0.466 e. The fourth-order valence-corrected chi connectivity index (χ4v) is 11.4. The summed E-state index contributed by atoms with van der Waals surface area (Å²) in [6.07, 6.45) is 89.5. The molecule has 0 saturated heterocycles. The Hall–Kier alpha value is -1.92. The number of hydrogen-bond acceptors (Lipinski definition) is 5. The Morgan fingerprint density at radius 2 is 0.625 bits per heavy atom. The lowest BCUT2D eigenvalue weighted by Gasteiger charge is -2.20. The molecule has 0 fully saturated rings. The predicted molar refractivity (Wildman–Crippen MR) is 352 cm³/mol. The van der Waals surface area contributed by atoms with E-state index in [1.54, 1.807) is 6.08 Å². The van der Waals surface area contributed by atoms with E-state index in [0.717, 1.165) is 44.9 Å². The fraction of sp³-hybridized carbons (Fsp3) is 0.892. The summed E-state index contributed by atoms with van der Waals surface area (Å²) in [5, 5.41) is 23.2. The molecular weight excluding hydrogens is 983 g/mol. The van der Waals surface area contributed by atoms with E-state index in [9.17, 15) is 19.8 Å². The Bertz CT molecular complexity index is 1300. The highest BCUT2D eigenvalue weighted by Crippen LogP contribution is 2.19. The van der Waals surface area contributed by atoms with Crippen molar-refractivity contribution >= 4 is 11.9 Å². The molecule has 80 heavy (non-hydrogen) atoms. The smallest absolute Gasteiger partial charge is 0.305 e. The van der Waals surface area contributed by atoms with Gasteiger partial charge in [-0.3, -0.25) is 9.59 Å². The van der Waals surface area contributed by atoms with Crippen molar-refractivity contribution in [2.45, 2.75) is 411 Å². The number of hydrogen-bond donors (Lipinski definition) is 3. The third kappa shape index (κ3) is 65.2. The van der Waals surface area contributed by atoms with Gasteiger partial charge in [0.15, 0.2) is 0 Å². The Balaban J connectivity index is 3.38. The molecule has 6 heteroatoms. The highest BCUT2D eigenvalue weighted by molar-refractivity contribution is 5.76. The number of aliphatic hydroxyl groups excluding tert-OH is 2. The summed E-state index contributed by atoms with van der Waals surface area (Å²) < 4.78 is 5.48. The molecule has 2 atom stereocenters. The normalized spacial score (nSPS) is 12.7. The lowest BCUT2D eigenvalue weighted by molar-refractivity contribution is -0.143. The van der Waals surface area contributed by atoms with Crippen molar-refractivity contribution in [3.63, 3.8) is 0 Å². The van der Waals surface area contributed by atoms with Gasteiger partial charge in [-0.2, -0.15) is 0 Å². The average Bonchev–Trinajstić information content (AvgIpc) is 3.46. The van der Waals surface area contributed by atoms with Gasteiger partial charge in [0.25, 0.3) is 0 Å². The number of rotatable bonds is 68. The van der Waals surface area contributed by atoms with Crippen LogP contribution in [0.4, 0.5) is 0 Å². The van der Waals surface area contributed by atoms with E-state index in [1.807, 2.05) is 6.08 Å². The first-order valence-electron chi connectivity index (χ1n) is 36.3. The Morgan fingerprint density at radius 1 is 0.350 bits per heavy atom. The topological polar surface area (TPSA) is 95.9 Å². The third-order valence-electron chi connectivity index (χ3n) is 16.9. The number of nitrogens with one attached hydrogen (secondary N) is 1. The zero-order valence-corrected chi connectivity index (χ0v) is 54.1. The van der Waals surface area contributed by atoms with Crippen LogP contribution >= 0.6 is 0 Å². The summed E-state index contributed by atoms with van der Waals surface area (Å²) in [4.78, 5) is 24.5. The molecule has 0 aliphatic rings. The van der Waals surface area contributed by atoms with E-state index >= 15 is 0 Å². The number of carbonyl (C=O) groups excluding carboxylic acids is 2. The number of allylic oxidation sites excluding steroid dienone is 5. The maximum Gasteiger partial charge on any atom is 0.305 e. The monoisotopic (exact) mass is 1120 g/mol. The van der Waals surface area contributed by atoms with E-state index in [-0.39, 0.29) is 18.5 Å². The van der Waals surface area contributed by atoms with Crippen LogP contribution in [0, 0.1) is 0 Å². The molecule has 3 N–H and O–H groups in total. The first kappa shape index (κ1) is 78.1. The van der Waals surface area contributed by atoms with E-state index < -0.39 is 12.1 Å². The van der Waals surface area contributed by atoms with Gasteiger partial charge in [0.05, 0.1) is 25.4 Å². The van der Waals surface area contributed by atoms with Crippen LogP contribution < -0.4 is 5.32 Å². The maximum atomic E-state index is 12.5. The summed E-state index contributed by atoms with van der Waals surface area (Å²) in [7, 11) is 0. The Kier molecular flexibility index (Phi) is 67.9. The minimum atomic E-state index is -0.843. The van der Waals surface area contributed by atoms with Crippen molar-refractivity contribution < 1.29 is 24.5 Å². The molecule has 0 radical (unpaired) electrons. The molecule has 0 aromatic carbocycles. The summed E-state index contributed by atoms with van der Waals surface area (Å²) >= 11 is 0. The van der Waals surface area contributed by atoms with E-state index in [2.05, 4.69) is 43.5 Å². The van der Waals surface area contributed by atoms with Crippen LogP contribution in [-0.4, -0.2) is 47.4 Å². The number of esters is 1. The van der Waals surface area contributed by atoms with Crippen molar-refractivity contribution in [2.24, 2.45) is 0 Å². The van der Waals surface area contributed by atoms with E-state index in [1.165, 1.54) is 327 Å². The molecule has 1 amide bonds. The second kappa shape index (κ2) is 69.6. The molecule has 0 heterocycles. The SMILES string of the molecule is CCCCCCCCCCCCCCCC/C=C/C(O)C(CO)NC(=O)CCCCCCCCCCCCCCCCCCC/C=C\C/C=C\CCCCCCCCCCCCCOC(=O)CCCCCCCCCCCCCC. The quantitative estimate of drug-likeness (QED) is 0.0320. The molecule has 0 aromatic rings. The summed E-state index contributed by atoms with van der Waals surface area (Å²) in [6.45, 7) is 4.93. The van der Waals surface area contributed by atoms with Crippen molar-refractivity contribution in [3.8, 4) is 0 Å². The molecule has 0 saturated carbocycles. The molecular formula is C74H141NO5. The van der Waals surface area contributed by atoms with Gasteiger partial charge in [0.1, 0.15) is 0 Å². The van der Waals surface area contributed by atoms with Crippen LogP contribution in [0.2, 0.25) is 0 Å². The van der Waals surface area contributed by atoms with Crippen molar-refractivity contribution in [1.82, 2.24) is 5.32 Å². The van der Waals surface area contributed by atoms with Gasteiger partial charge in [0, 0.05) is 12.8 Å². The van der Waals surface area contributed by atoms with Gasteiger partial charge in [-0.1, -0.05) is 359 Å². The second-order valence-electron chi connectivity index (χ2n) is 24.9. The number of ether oxygens (including phenoxy) is 1. The molecule has 0 rings (SSSR count). The van der Waals surface area contributed by atoms with Crippen LogP contribution in [0.25, 0.3) is 0 Å². The number of carbonyl (C=O) groups is 2. The zero-order chi connectivity index (χ0) is 57.8. The molecule has 2 unspecified atom stereocenters. The molecule has 0 spiro atoms. The molecule has 0 bridgehead atoms. The fourth-order valence-electron chi connectivity index (χ4n) is 11.4. The highest BCUT2D eigenvalue weighted by Gasteiger charge is 2.18. The Labute approximate surface area is 500 Å². The first-order chi connectivity index (χ1) is 39.5. The van der Waals surface area contributed by atoms with Crippen molar-refractivity contribution in [1.29, 1.82) is 0 Å². The molecule has 0 aliphatic heterocycles. The predicted octanol–water partition coefficient (Wildman–Crippen LogP) is 23.5. The highest BCUT2D eigenvalue weighted by atomic mass is 16.5. The molecule has 0 aliphatic carbocycles. The van der Waals surface area contributed by atoms with Crippen molar-refractivity contribution in [2.75, 3.05) is 13.2 Å². The van der Waals surface area contributed by atoms with E-state index in [4.69, 9.17) is 4.74 Å².